The molecule has 0 bridgehead atoms. The van der Waals surface area contributed by atoms with Gasteiger partial charge in [-0.15, -0.1) is 0 Å². The van der Waals surface area contributed by atoms with E-state index in [4.69, 9.17) is 9.05 Å². The number of unbranched alkanes of at least 4 members (excludes halogenated alkanes) is 13. The van der Waals surface area contributed by atoms with Gasteiger partial charge in [0, 0.05) is 5.56 Å². The quantitative estimate of drug-likeness (QED) is 0.147. The van der Waals surface area contributed by atoms with Crippen molar-refractivity contribution in [2.24, 2.45) is 0 Å². The van der Waals surface area contributed by atoms with E-state index < -0.39 is 7.82 Å². The second kappa shape index (κ2) is 16.0. The SMILES string of the molecule is CCCCCCCCCCCCCCCCOP(=O)(O)Oc1cc(C(C)(C)C)cc(C(C)(C)C)c1O. The summed E-state index contributed by atoms with van der Waals surface area (Å²) in [6.07, 6.45) is 17.5. The molecule has 1 unspecified atom stereocenters. The average Bonchev–Trinajstić information content (AvgIpc) is 2.76. The second-order valence-electron chi connectivity index (χ2n) is 12.4. The molecular formula is C30H55O5P. The van der Waals surface area contributed by atoms with Crippen LogP contribution in [0, 0.1) is 0 Å². The maximum Gasteiger partial charge on any atom is 0.527 e. The zero-order chi connectivity index (χ0) is 27.2. The average molecular weight is 527 g/mol. The van der Waals surface area contributed by atoms with Crippen molar-refractivity contribution in [1.29, 1.82) is 0 Å². The number of phosphoric acid groups is 1. The first-order valence-electron chi connectivity index (χ1n) is 14.3. The lowest BCUT2D eigenvalue weighted by Gasteiger charge is -2.27. The molecule has 1 atom stereocenters. The van der Waals surface area contributed by atoms with E-state index in [-0.39, 0.29) is 28.9 Å². The molecule has 36 heavy (non-hydrogen) atoms. The van der Waals surface area contributed by atoms with Gasteiger partial charge >= 0.3 is 7.82 Å². The minimum atomic E-state index is -4.33. The maximum absolute atomic E-state index is 12.6. The highest BCUT2D eigenvalue weighted by Gasteiger charge is 2.30. The maximum atomic E-state index is 12.6. The van der Waals surface area contributed by atoms with Gasteiger partial charge in [0.1, 0.15) is 0 Å². The van der Waals surface area contributed by atoms with Crippen LogP contribution in [0.3, 0.4) is 0 Å². The Morgan fingerprint density at radius 3 is 1.58 bits per heavy atom. The van der Waals surface area contributed by atoms with Crippen LogP contribution >= 0.6 is 7.82 Å². The molecule has 0 aromatic heterocycles. The lowest BCUT2D eigenvalue weighted by Crippen LogP contribution is -2.17. The van der Waals surface area contributed by atoms with E-state index in [0.717, 1.165) is 18.4 Å². The molecule has 2 N–H and O–H groups in total. The van der Waals surface area contributed by atoms with Crippen molar-refractivity contribution in [3.63, 3.8) is 0 Å². The normalized spacial score (nSPS) is 14.1. The molecule has 0 amide bonds. The molecule has 0 fully saturated rings. The number of phenols is 1. The van der Waals surface area contributed by atoms with Gasteiger partial charge in [0.25, 0.3) is 0 Å². The van der Waals surface area contributed by atoms with Crippen molar-refractivity contribution in [3.8, 4) is 11.5 Å². The Balaban J connectivity index is 2.35. The summed E-state index contributed by atoms with van der Waals surface area (Å²) < 4.78 is 23.2. The molecule has 0 saturated heterocycles. The van der Waals surface area contributed by atoms with Crippen LogP contribution in [-0.2, 0) is 19.9 Å². The Bertz CT molecular complexity index is 792. The Hall–Kier alpha value is -1.03. The van der Waals surface area contributed by atoms with Crippen molar-refractivity contribution in [2.75, 3.05) is 6.61 Å². The van der Waals surface area contributed by atoms with Crippen molar-refractivity contribution in [2.45, 2.75) is 149 Å². The predicted octanol–water partition coefficient (Wildman–Crippen LogP) is 9.96. The molecule has 0 saturated carbocycles. The monoisotopic (exact) mass is 526 g/mol. The third-order valence-corrected chi connectivity index (χ3v) is 7.65. The first-order chi connectivity index (χ1) is 16.8. The summed E-state index contributed by atoms with van der Waals surface area (Å²) in [5, 5.41) is 10.8. The standard InChI is InChI=1S/C30H55O5P/c1-8-9-10-11-12-13-14-15-16-17-18-19-20-21-22-34-36(32,33)35-27-24-25(29(2,3)4)23-26(28(27)31)30(5,6)7/h23-24,31H,8-22H2,1-7H3,(H,32,33). The number of phosphoric ester groups is 1. The first-order valence-corrected chi connectivity index (χ1v) is 15.8. The Morgan fingerprint density at radius 1 is 0.722 bits per heavy atom. The molecule has 0 radical (unpaired) electrons. The molecule has 1 aromatic rings. The number of aromatic hydroxyl groups is 1. The van der Waals surface area contributed by atoms with E-state index in [1.807, 2.05) is 26.8 Å². The number of hydrogen-bond acceptors (Lipinski definition) is 4. The third kappa shape index (κ3) is 13.5. The van der Waals surface area contributed by atoms with E-state index in [2.05, 4.69) is 27.7 Å². The predicted molar refractivity (Wildman–Crippen MR) is 152 cm³/mol. The molecule has 1 aromatic carbocycles. The number of hydrogen-bond donors (Lipinski definition) is 2. The molecule has 0 aliphatic heterocycles. The van der Waals surface area contributed by atoms with Crippen LogP contribution in [-0.4, -0.2) is 16.6 Å². The number of benzene rings is 1. The molecule has 0 spiro atoms. The van der Waals surface area contributed by atoms with E-state index in [0.29, 0.717) is 12.0 Å². The van der Waals surface area contributed by atoms with Gasteiger partial charge in [-0.2, -0.15) is 0 Å². The zero-order valence-corrected chi connectivity index (χ0v) is 25.2. The minimum Gasteiger partial charge on any atom is -0.504 e. The summed E-state index contributed by atoms with van der Waals surface area (Å²) >= 11 is 0. The summed E-state index contributed by atoms with van der Waals surface area (Å²) in [4.78, 5) is 10.3. The molecule has 0 aliphatic carbocycles. The summed E-state index contributed by atoms with van der Waals surface area (Å²) in [7, 11) is -4.33. The highest BCUT2D eigenvalue weighted by atomic mass is 31.2. The third-order valence-electron chi connectivity index (χ3n) is 6.72. The van der Waals surface area contributed by atoms with Gasteiger partial charge in [-0.1, -0.05) is 138 Å². The zero-order valence-electron chi connectivity index (χ0n) is 24.3. The van der Waals surface area contributed by atoms with Crippen LogP contribution < -0.4 is 4.52 Å². The lowest BCUT2D eigenvalue weighted by molar-refractivity contribution is 0.197. The van der Waals surface area contributed by atoms with E-state index >= 15 is 0 Å². The molecule has 6 heteroatoms. The van der Waals surface area contributed by atoms with Crippen molar-refractivity contribution < 1.29 is 23.6 Å². The van der Waals surface area contributed by atoms with Gasteiger partial charge < -0.3 is 9.63 Å². The fourth-order valence-electron chi connectivity index (χ4n) is 4.31. The van der Waals surface area contributed by atoms with Crippen LogP contribution in [0.4, 0.5) is 0 Å². The molecular weight excluding hydrogens is 471 g/mol. The molecule has 0 heterocycles. The van der Waals surface area contributed by atoms with Gasteiger partial charge in [0.05, 0.1) is 6.61 Å². The summed E-state index contributed by atoms with van der Waals surface area (Å²) in [6.45, 7) is 14.6. The van der Waals surface area contributed by atoms with Crippen molar-refractivity contribution in [3.05, 3.63) is 23.3 Å². The summed E-state index contributed by atoms with van der Waals surface area (Å²) in [5.74, 6) is -0.107. The summed E-state index contributed by atoms with van der Waals surface area (Å²) in [5.41, 5.74) is 1.04. The Labute approximate surface area is 222 Å². The van der Waals surface area contributed by atoms with Crippen molar-refractivity contribution >= 4 is 7.82 Å². The van der Waals surface area contributed by atoms with E-state index in [9.17, 15) is 14.6 Å². The smallest absolute Gasteiger partial charge is 0.504 e. The molecule has 5 nitrogen and oxygen atoms in total. The fraction of sp³-hybridized carbons (Fsp3) is 0.800. The van der Waals surface area contributed by atoms with Crippen LogP contribution in [0.5, 0.6) is 11.5 Å². The fourth-order valence-corrected chi connectivity index (χ4v) is 5.11. The number of rotatable bonds is 18. The van der Waals surface area contributed by atoms with Crippen molar-refractivity contribution in [1.82, 2.24) is 0 Å². The number of phenolic OH excluding ortho intramolecular Hbond substituents is 1. The lowest BCUT2D eigenvalue weighted by atomic mass is 9.80. The van der Waals surface area contributed by atoms with Gasteiger partial charge in [-0.05, 0) is 28.9 Å². The molecule has 1 rings (SSSR count). The van der Waals surface area contributed by atoms with Gasteiger partial charge in [-0.3, -0.25) is 9.42 Å². The highest BCUT2D eigenvalue weighted by molar-refractivity contribution is 7.47. The Morgan fingerprint density at radius 2 is 1.17 bits per heavy atom. The largest absolute Gasteiger partial charge is 0.527 e. The topological polar surface area (TPSA) is 76.0 Å². The summed E-state index contributed by atoms with van der Waals surface area (Å²) in [6, 6.07) is 3.59. The first kappa shape index (κ1) is 33.0. The van der Waals surface area contributed by atoms with Crippen LogP contribution in [0.2, 0.25) is 0 Å². The van der Waals surface area contributed by atoms with Crippen LogP contribution in [0.15, 0.2) is 12.1 Å². The molecule has 210 valence electrons. The second-order valence-corrected chi connectivity index (χ2v) is 13.7. The Kier molecular flexibility index (Phi) is 14.7. The van der Waals surface area contributed by atoms with E-state index in [1.165, 1.54) is 70.6 Å². The van der Waals surface area contributed by atoms with Gasteiger partial charge in [0.2, 0.25) is 0 Å². The van der Waals surface area contributed by atoms with E-state index in [1.54, 1.807) is 6.07 Å². The van der Waals surface area contributed by atoms with Gasteiger partial charge in [0.15, 0.2) is 11.5 Å². The highest BCUT2D eigenvalue weighted by Crippen LogP contribution is 2.50. The molecule has 0 aliphatic rings. The van der Waals surface area contributed by atoms with Crippen LogP contribution in [0.1, 0.15) is 149 Å². The van der Waals surface area contributed by atoms with Gasteiger partial charge in [-0.25, -0.2) is 4.57 Å². The van der Waals surface area contributed by atoms with Crippen LogP contribution in [0.25, 0.3) is 0 Å². The minimum absolute atomic E-state index is 0.000794.